The molecule has 4 aromatic rings. The molecule has 2 aromatic carbocycles. The maximum Gasteiger partial charge on any atom is 0.358 e. The number of thiazole rings is 1. The number of carbonyl (C=O) groups excluding carboxylic acids is 2. The first kappa shape index (κ1) is 21.6. The van der Waals surface area contributed by atoms with Crippen LogP contribution in [0.4, 0.5) is 5.13 Å². The van der Waals surface area contributed by atoms with Crippen LogP contribution in [0.1, 0.15) is 38.2 Å². The zero-order valence-electron chi connectivity index (χ0n) is 17.9. The highest BCUT2D eigenvalue weighted by Gasteiger charge is 2.26. The molecule has 4 rings (SSSR count). The van der Waals surface area contributed by atoms with Crippen LogP contribution in [0, 0.1) is 6.92 Å². The molecule has 0 spiro atoms. The Morgan fingerprint density at radius 3 is 2.56 bits per heavy atom. The third kappa shape index (κ3) is 4.53. The minimum Gasteiger partial charge on any atom is -0.461 e. The van der Waals surface area contributed by atoms with Crippen LogP contribution in [0.3, 0.4) is 0 Å². The summed E-state index contributed by atoms with van der Waals surface area (Å²) in [7, 11) is 0. The zero-order valence-corrected chi connectivity index (χ0v) is 18.8. The molecule has 0 bridgehead atoms. The van der Waals surface area contributed by atoms with Crippen molar-refractivity contribution < 1.29 is 14.3 Å². The molecular formula is C25H23N3O3S. The van der Waals surface area contributed by atoms with Gasteiger partial charge in [0.05, 0.1) is 17.7 Å². The van der Waals surface area contributed by atoms with E-state index in [0.717, 1.165) is 21.3 Å². The fourth-order valence-corrected chi connectivity index (χ4v) is 4.40. The Hall–Kier alpha value is -3.58. The number of hydrogen-bond donors (Lipinski definition) is 0. The lowest BCUT2D eigenvalue weighted by Gasteiger charge is -2.21. The monoisotopic (exact) mass is 445 g/mol. The van der Waals surface area contributed by atoms with Gasteiger partial charge < -0.3 is 4.74 Å². The van der Waals surface area contributed by atoms with Crippen molar-refractivity contribution in [2.75, 3.05) is 18.1 Å². The van der Waals surface area contributed by atoms with Gasteiger partial charge in [-0.2, -0.15) is 0 Å². The highest BCUT2D eigenvalue weighted by molar-refractivity contribution is 7.16. The second-order valence-electron chi connectivity index (χ2n) is 7.19. The standard InChI is InChI=1S/C25H23N3O3S/c1-3-31-24(30)22-17(2)32-25(27-22)28(16-14-18-9-5-4-6-10-18)23(29)20-13-15-26-21-12-8-7-11-19(20)21/h4-13,15H,3,14,16H2,1-2H3. The maximum absolute atomic E-state index is 13.7. The molecule has 162 valence electrons. The van der Waals surface area contributed by atoms with Gasteiger partial charge in [0, 0.05) is 23.0 Å². The van der Waals surface area contributed by atoms with E-state index in [-0.39, 0.29) is 18.2 Å². The molecule has 0 fully saturated rings. The highest BCUT2D eigenvalue weighted by Crippen LogP contribution is 2.29. The van der Waals surface area contributed by atoms with Crippen LogP contribution in [0.15, 0.2) is 66.9 Å². The molecule has 0 saturated heterocycles. The Balaban J connectivity index is 1.73. The highest BCUT2D eigenvalue weighted by atomic mass is 32.1. The van der Waals surface area contributed by atoms with Crippen molar-refractivity contribution in [3.05, 3.63) is 88.6 Å². The number of esters is 1. The van der Waals surface area contributed by atoms with Gasteiger partial charge in [0.1, 0.15) is 0 Å². The summed E-state index contributed by atoms with van der Waals surface area (Å²) in [6.07, 6.45) is 2.30. The van der Waals surface area contributed by atoms with Crippen LogP contribution >= 0.6 is 11.3 Å². The van der Waals surface area contributed by atoms with Gasteiger partial charge in [-0.15, -0.1) is 11.3 Å². The summed E-state index contributed by atoms with van der Waals surface area (Å²) in [5.74, 6) is -0.652. The lowest BCUT2D eigenvalue weighted by Crippen LogP contribution is -2.33. The van der Waals surface area contributed by atoms with Gasteiger partial charge in [-0.25, -0.2) is 9.78 Å². The van der Waals surface area contributed by atoms with E-state index in [1.165, 1.54) is 11.3 Å². The number of para-hydroxylation sites is 1. The average molecular weight is 446 g/mol. The van der Waals surface area contributed by atoms with E-state index in [2.05, 4.69) is 9.97 Å². The molecule has 6 nitrogen and oxygen atoms in total. The van der Waals surface area contributed by atoms with Crippen LogP contribution in [-0.4, -0.2) is 35.0 Å². The summed E-state index contributed by atoms with van der Waals surface area (Å²) in [6, 6.07) is 19.3. The van der Waals surface area contributed by atoms with Crippen molar-refractivity contribution in [2.45, 2.75) is 20.3 Å². The second kappa shape index (κ2) is 9.70. The number of anilines is 1. The van der Waals surface area contributed by atoms with Crippen molar-refractivity contribution in [1.82, 2.24) is 9.97 Å². The number of fused-ring (bicyclic) bond motifs is 1. The van der Waals surface area contributed by atoms with Crippen LogP contribution in [-0.2, 0) is 11.2 Å². The van der Waals surface area contributed by atoms with Gasteiger partial charge in [0.2, 0.25) is 0 Å². The number of aryl methyl sites for hydroxylation is 1. The molecule has 0 N–H and O–H groups in total. The molecule has 2 heterocycles. The predicted molar refractivity (Wildman–Crippen MR) is 126 cm³/mol. The molecule has 7 heteroatoms. The summed E-state index contributed by atoms with van der Waals surface area (Å²) in [4.78, 5) is 37.3. The molecule has 0 aliphatic carbocycles. The molecule has 0 radical (unpaired) electrons. The van der Waals surface area contributed by atoms with Crippen molar-refractivity contribution >= 4 is 39.2 Å². The molecule has 2 aromatic heterocycles. The van der Waals surface area contributed by atoms with E-state index in [0.29, 0.717) is 23.7 Å². The molecule has 0 unspecified atom stereocenters. The normalized spacial score (nSPS) is 10.8. The Labute approximate surface area is 190 Å². The van der Waals surface area contributed by atoms with Crippen LogP contribution in [0.5, 0.6) is 0 Å². The lowest BCUT2D eigenvalue weighted by molar-refractivity contribution is 0.0519. The van der Waals surface area contributed by atoms with Crippen molar-refractivity contribution in [2.24, 2.45) is 0 Å². The van der Waals surface area contributed by atoms with Gasteiger partial charge in [-0.05, 0) is 38.0 Å². The van der Waals surface area contributed by atoms with E-state index in [9.17, 15) is 9.59 Å². The van der Waals surface area contributed by atoms with E-state index in [4.69, 9.17) is 4.74 Å². The molecule has 0 atom stereocenters. The fourth-order valence-electron chi connectivity index (χ4n) is 3.48. The van der Waals surface area contributed by atoms with Gasteiger partial charge in [-0.1, -0.05) is 48.5 Å². The molecule has 1 amide bonds. The van der Waals surface area contributed by atoms with E-state index < -0.39 is 5.97 Å². The number of aromatic nitrogens is 2. The van der Waals surface area contributed by atoms with Crippen molar-refractivity contribution in [3.8, 4) is 0 Å². The first-order valence-electron chi connectivity index (χ1n) is 10.4. The summed E-state index contributed by atoms with van der Waals surface area (Å²) in [6.45, 7) is 4.26. The Morgan fingerprint density at radius 2 is 1.78 bits per heavy atom. The largest absolute Gasteiger partial charge is 0.461 e. The summed E-state index contributed by atoms with van der Waals surface area (Å²) in [5, 5.41) is 1.26. The minimum absolute atomic E-state index is 0.177. The summed E-state index contributed by atoms with van der Waals surface area (Å²) in [5.41, 5.74) is 2.67. The summed E-state index contributed by atoms with van der Waals surface area (Å²) < 4.78 is 5.13. The number of pyridine rings is 1. The SMILES string of the molecule is CCOC(=O)c1nc(N(CCc2ccccc2)C(=O)c2ccnc3ccccc23)sc1C. The Morgan fingerprint density at radius 1 is 1.03 bits per heavy atom. The lowest BCUT2D eigenvalue weighted by atomic mass is 10.1. The van der Waals surface area contributed by atoms with E-state index >= 15 is 0 Å². The predicted octanol–water partition coefficient (Wildman–Crippen LogP) is 5.07. The van der Waals surface area contributed by atoms with Gasteiger partial charge in [-0.3, -0.25) is 14.7 Å². The third-order valence-electron chi connectivity index (χ3n) is 5.08. The maximum atomic E-state index is 13.7. The van der Waals surface area contributed by atoms with Crippen LogP contribution in [0.2, 0.25) is 0 Å². The number of amides is 1. The van der Waals surface area contributed by atoms with Gasteiger partial charge in [0.15, 0.2) is 10.8 Å². The van der Waals surface area contributed by atoms with Crippen molar-refractivity contribution in [3.63, 3.8) is 0 Å². The molecule has 32 heavy (non-hydrogen) atoms. The zero-order chi connectivity index (χ0) is 22.5. The first-order chi connectivity index (χ1) is 15.6. The number of carbonyl (C=O) groups is 2. The summed E-state index contributed by atoms with van der Waals surface area (Å²) >= 11 is 1.32. The fraction of sp³-hybridized carbons (Fsp3) is 0.200. The van der Waals surface area contributed by atoms with Crippen LogP contribution in [0.25, 0.3) is 10.9 Å². The van der Waals surface area contributed by atoms with Crippen LogP contribution < -0.4 is 4.90 Å². The topological polar surface area (TPSA) is 72.4 Å². The quantitative estimate of drug-likeness (QED) is 0.372. The van der Waals surface area contributed by atoms with Gasteiger partial charge >= 0.3 is 5.97 Å². The Bertz CT molecular complexity index is 1250. The molecule has 0 aliphatic rings. The molecule has 0 aliphatic heterocycles. The molecule has 0 saturated carbocycles. The van der Waals surface area contributed by atoms with Crippen molar-refractivity contribution in [1.29, 1.82) is 0 Å². The number of benzene rings is 2. The minimum atomic E-state index is -0.475. The number of ether oxygens (including phenoxy) is 1. The Kier molecular flexibility index (Phi) is 6.56. The van der Waals surface area contributed by atoms with E-state index in [1.807, 2.05) is 61.5 Å². The average Bonchev–Trinajstić information content (AvgIpc) is 3.21. The number of rotatable bonds is 7. The van der Waals surface area contributed by atoms with E-state index in [1.54, 1.807) is 24.1 Å². The second-order valence-corrected chi connectivity index (χ2v) is 8.37. The third-order valence-corrected chi connectivity index (χ3v) is 6.07. The van der Waals surface area contributed by atoms with Gasteiger partial charge in [0.25, 0.3) is 5.91 Å². The smallest absolute Gasteiger partial charge is 0.358 e. The number of nitrogens with zero attached hydrogens (tertiary/aromatic N) is 3. The first-order valence-corrected chi connectivity index (χ1v) is 11.2. The molecular weight excluding hydrogens is 422 g/mol. The number of hydrogen-bond acceptors (Lipinski definition) is 6.